The van der Waals surface area contributed by atoms with Crippen LogP contribution in [0.2, 0.25) is 0 Å². The van der Waals surface area contributed by atoms with E-state index in [9.17, 15) is 4.79 Å². The maximum Gasteiger partial charge on any atom is 0.195 e. The molecule has 0 bridgehead atoms. The van der Waals surface area contributed by atoms with Gasteiger partial charge in [-0.3, -0.25) is 4.79 Å². The zero-order valence-electron chi connectivity index (χ0n) is 16.6. The van der Waals surface area contributed by atoms with Crippen LogP contribution >= 0.6 is 0 Å². The highest BCUT2D eigenvalue weighted by Gasteiger charge is 2.24. The molecule has 0 fully saturated rings. The van der Waals surface area contributed by atoms with Gasteiger partial charge >= 0.3 is 0 Å². The number of rotatable bonds is 9. The number of fused-ring (bicyclic) bond motifs is 1. The minimum absolute atomic E-state index is 0.0914. The lowest BCUT2D eigenvalue weighted by Crippen LogP contribution is -2.17. The van der Waals surface area contributed by atoms with Gasteiger partial charge in [-0.05, 0) is 26.3 Å². The summed E-state index contributed by atoms with van der Waals surface area (Å²) < 4.78 is 8.13. The van der Waals surface area contributed by atoms with E-state index in [2.05, 4.69) is 30.5 Å². The highest BCUT2D eigenvalue weighted by atomic mass is 16.5. The largest absolute Gasteiger partial charge is 0.380 e. The Balaban J connectivity index is 2.13. The molecule has 27 heavy (non-hydrogen) atoms. The summed E-state index contributed by atoms with van der Waals surface area (Å²) in [6.07, 6.45) is 3.34. The van der Waals surface area contributed by atoms with Crippen molar-refractivity contribution in [2.45, 2.75) is 46.1 Å². The molecule has 0 aliphatic rings. The zero-order valence-corrected chi connectivity index (χ0v) is 16.6. The number of aromatic nitrogens is 1. The molecule has 2 aromatic carbocycles. The Kier molecular flexibility index (Phi) is 6.46. The summed E-state index contributed by atoms with van der Waals surface area (Å²) in [7, 11) is 0. The first kappa shape index (κ1) is 19.4. The predicted octanol–water partition coefficient (Wildman–Crippen LogP) is 5.95. The molecule has 1 heterocycles. The van der Waals surface area contributed by atoms with Gasteiger partial charge in [-0.1, -0.05) is 68.3 Å². The minimum Gasteiger partial charge on any atom is -0.380 e. The van der Waals surface area contributed by atoms with E-state index in [1.54, 1.807) is 0 Å². The Labute approximate surface area is 162 Å². The summed E-state index contributed by atoms with van der Waals surface area (Å²) >= 11 is 0. The molecule has 0 saturated heterocycles. The van der Waals surface area contributed by atoms with Gasteiger partial charge in [-0.15, -0.1) is 0 Å². The third-order valence-corrected chi connectivity index (χ3v) is 5.19. The maximum atomic E-state index is 13.3. The van der Waals surface area contributed by atoms with Crippen LogP contribution in [0.25, 0.3) is 10.9 Å². The summed E-state index contributed by atoms with van der Waals surface area (Å²) in [5.74, 6) is 0.0914. The van der Waals surface area contributed by atoms with Crippen LogP contribution in [0.15, 0.2) is 54.6 Å². The van der Waals surface area contributed by atoms with Crippen molar-refractivity contribution in [1.82, 2.24) is 4.57 Å². The molecule has 0 radical (unpaired) electrons. The van der Waals surface area contributed by atoms with E-state index in [1.165, 1.54) is 0 Å². The molecule has 3 nitrogen and oxygen atoms in total. The predicted molar refractivity (Wildman–Crippen MR) is 112 cm³/mol. The molecule has 0 spiro atoms. The van der Waals surface area contributed by atoms with Gasteiger partial charge in [-0.25, -0.2) is 0 Å². The molecule has 0 aliphatic carbocycles. The molecule has 3 heteroatoms. The van der Waals surface area contributed by atoms with Crippen molar-refractivity contribution < 1.29 is 9.53 Å². The summed E-state index contributed by atoms with van der Waals surface area (Å²) in [6.45, 7) is 7.69. The Morgan fingerprint density at radius 3 is 2.44 bits per heavy atom. The molecule has 1 atom stereocenters. The maximum absolute atomic E-state index is 13.3. The number of benzene rings is 2. The van der Waals surface area contributed by atoms with Gasteiger partial charge in [0, 0.05) is 28.8 Å². The standard InChI is InChI=1S/C24H29NO2/c1-4-6-14-20(17-27-5-2)25-18(3)23(21-15-10-11-16-22(21)25)24(26)19-12-8-7-9-13-19/h7-13,15-16,20H,4-6,14,17H2,1-3H3. The van der Waals surface area contributed by atoms with Crippen molar-refractivity contribution in [1.29, 1.82) is 0 Å². The van der Waals surface area contributed by atoms with E-state index < -0.39 is 0 Å². The second-order valence-electron chi connectivity index (χ2n) is 7.00. The van der Waals surface area contributed by atoms with E-state index in [0.717, 1.165) is 47.0 Å². The van der Waals surface area contributed by atoms with Gasteiger partial charge in [0.25, 0.3) is 0 Å². The SMILES string of the molecule is CCCCC(COCC)n1c(C)c(C(=O)c2ccccc2)c2ccccc21. The van der Waals surface area contributed by atoms with Gasteiger partial charge in [0.2, 0.25) is 0 Å². The number of ketones is 1. The van der Waals surface area contributed by atoms with Gasteiger partial charge < -0.3 is 9.30 Å². The van der Waals surface area contributed by atoms with Crippen LogP contribution in [-0.2, 0) is 4.74 Å². The van der Waals surface area contributed by atoms with Crippen molar-refractivity contribution in [3.8, 4) is 0 Å². The molecule has 3 rings (SSSR count). The quantitative estimate of drug-likeness (QED) is 0.440. The highest BCUT2D eigenvalue weighted by molar-refractivity contribution is 6.17. The van der Waals surface area contributed by atoms with Crippen LogP contribution in [0, 0.1) is 6.92 Å². The summed E-state index contributed by atoms with van der Waals surface area (Å²) in [4.78, 5) is 13.3. The highest BCUT2D eigenvalue weighted by Crippen LogP contribution is 2.32. The Morgan fingerprint density at radius 1 is 1.04 bits per heavy atom. The van der Waals surface area contributed by atoms with E-state index >= 15 is 0 Å². The van der Waals surface area contributed by atoms with Crippen molar-refractivity contribution in [3.05, 3.63) is 71.4 Å². The Morgan fingerprint density at radius 2 is 1.74 bits per heavy atom. The molecule has 0 aliphatic heterocycles. The second kappa shape index (κ2) is 9.01. The number of unbranched alkanes of at least 4 members (excludes halogenated alkanes) is 1. The van der Waals surface area contributed by atoms with E-state index in [1.807, 2.05) is 49.4 Å². The third-order valence-electron chi connectivity index (χ3n) is 5.19. The number of carbonyl (C=O) groups excluding carboxylic acids is 1. The molecular weight excluding hydrogens is 334 g/mol. The van der Waals surface area contributed by atoms with E-state index in [0.29, 0.717) is 13.2 Å². The monoisotopic (exact) mass is 363 g/mol. The lowest BCUT2D eigenvalue weighted by atomic mass is 10.0. The average Bonchev–Trinajstić information content (AvgIpc) is 3.00. The van der Waals surface area contributed by atoms with E-state index in [4.69, 9.17) is 4.74 Å². The first-order chi connectivity index (χ1) is 13.2. The summed E-state index contributed by atoms with van der Waals surface area (Å²) in [5.41, 5.74) is 3.70. The summed E-state index contributed by atoms with van der Waals surface area (Å²) in [5, 5.41) is 1.03. The van der Waals surface area contributed by atoms with Crippen LogP contribution in [0.1, 0.15) is 60.8 Å². The third kappa shape index (κ3) is 3.98. The second-order valence-corrected chi connectivity index (χ2v) is 7.00. The first-order valence-corrected chi connectivity index (χ1v) is 9.96. The molecule has 0 saturated carbocycles. The van der Waals surface area contributed by atoms with Crippen molar-refractivity contribution in [2.75, 3.05) is 13.2 Å². The fraction of sp³-hybridized carbons (Fsp3) is 0.375. The van der Waals surface area contributed by atoms with Crippen molar-refractivity contribution >= 4 is 16.7 Å². The van der Waals surface area contributed by atoms with E-state index in [-0.39, 0.29) is 11.8 Å². The number of ether oxygens (including phenoxy) is 1. The fourth-order valence-corrected chi connectivity index (χ4v) is 3.86. The number of nitrogens with zero attached hydrogens (tertiary/aromatic N) is 1. The lowest BCUT2D eigenvalue weighted by molar-refractivity contribution is 0.103. The number of hydrogen-bond acceptors (Lipinski definition) is 2. The fourth-order valence-electron chi connectivity index (χ4n) is 3.86. The van der Waals surface area contributed by atoms with Crippen LogP contribution in [0.4, 0.5) is 0 Å². The number of hydrogen-bond donors (Lipinski definition) is 0. The molecule has 0 amide bonds. The lowest BCUT2D eigenvalue weighted by Gasteiger charge is -2.22. The summed E-state index contributed by atoms with van der Waals surface area (Å²) in [6, 6.07) is 18.0. The Hall–Kier alpha value is -2.39. The van der Waals surface area contributed by atoms with Crippen LogP contribution < -0.4 is 0 Å². The van der Waals surface area contributed by atoms with Crippen LogP contribution in [0.3, 0.4) is 0 Å². The number of carbonyl (C=O) groups is 1. The average molecular weight is 364 g/mol. The van der Waals surface area contributed by atoms with Crippen LogP contribution in [0.5, 0.6) is 0 Å². The smallest absolute Gasteiger partial charge is 0.195 e. The molecule has 1 aromatic heterocycles. The molecule has 142 valence electrons. The first-order valence-electron chi connectivity index (χ1n) is 9.96. The van der Waals surface area contributed by atoms with Crippen molar-refractivity contribution in [3.63, 3.8) is 0 Å². The van der Waals surface area contributed by atoms with Gasteiger partial charge in [0.15, 0.2) is 5.78 Å². The van der Waals surface area contributed by atoms with Crippen molar-refractivity contribution in [2.24, 2.45) is 0 Å². The normalized spacial score (nSPS) is 12.4. The molecule has 1 unspecified atom stereocenters. The van der Waals surface area contributed by atoms with Gasteiger partial charge in [0.05, 0.1) is 18.2 Å². The van der Waals surface area contributed by atoms with Crippen LogP contribution in [-0.4, -0.2) is 23.6 Å². The zero-order chi connectivity index (χ0) is 19.2. The molecular formula is C24H29NO2. The van der Waals surface area contributed by atoms with Gasteiger partial charge in [-0.2, -0.15) is 0 Å². The molecule has 0 N–H and O–H groups in total. The topological polar surface area (TPSA) is 31.2 Å². The minimum atomic E-state index is 0.0914. The Bertz CT molecular complexity index is 887. The molecule has 3 aromatic rings. The number of para-hydroxylation sites is 1. The van der Waals surface area contributed by atoms with Gasteiger partial charge in [0.1, 0.15) is 0 Å².